The molecule has 0 radical (unpaired) electrons. The molecule has 0 aromatic heterocycles. The van der Waals surface area contributed by atoms with Crippen LogP contribution in [0, 0.1) is 5.82 Å². The van der Waals surface area contributed by atoms with Crippen molar-refractivity contribution in [3.05, 3.63) is 29.6 Å². The van der Waals surface area contributed by atoms with Crippen LogP contribution in [0.4, 0.5) is 4.39 Å². The Hall–Kier alpha value is -1.21. The van der Waals surface area contributed by atoms with Gasteiger partial charge in [-0.15, -0.1) is 0 Å². The predicted molar refractivity (Wildman–Crippen MR) is 63.8 cm³/mol. The van der Waals surface area contributed by atoms with Gasteiger partial charge in [-0.05, 0) is 19.2 Å². The van der Waals surface area contributed by atoms with Gasteiger partial charge in [-0.3, -0.25) is 0 Å². The van der Waals surface area contributed by atoms with Crippen molar-refractivity contribution in [2.24, 2.45) is 0 Å². The molecular formula is C12H18FNO4. The number of methoxy groups -OCH3 is 1. The second-order valence-electron chi connectivity index (χ2n) is 3.80. The zero-order valence-electron chi connectivity index (χ0n) is 10.4. The average Bonchev–Trinajstić information content (AvgIpc) is 2.36. The second kappa shape index (κ2) is 7.27. The molecule has 6 heteroatoms. The maximum Gasteiger partial charge on any atom is 0.188 e. The topological polar surface area (TPSA) is 71.0 Å². The van der Waals surface area contributed by atoms with Gasteiger partial charge in [0.15, 0.2) is 6.79 Å². The van der Waals surface area contributed by atoms with E-state index in [0.717, 1.165) is 6.07 Å². The van der Waals surface area contributed by atoms with E-state index in [1.54, 1.807) is 7.05 Å². The Morgan fingerprint density at radius 2 is 2.11 bits per heavy atom. The lowest BCUT2D eigenvalue weighted by Gasteiger charge is -2.18. The van der Waals surface area contributed by atoms with Crippen molar-refractivity contribution in [1.29, 1.82) is 0 Å². The molecule has 2 unspecified atom stereocenters. The molecule has 0 saturated heterocycles. The highest BCUT2D eigenvalue weighted by molar-refractivity contribution is 5.30. The lowest BCUT2D eigenvalue weighted by Crippen LogP contribution is -2.30. The number of nitrogens with one attached hydrogen (secondary N) is 1. The van der Waals surface area contributed by atoms with E-state index in [-0.39, 0.29) is 18.9 Å². The Balaban J connectivity index is 2.78. The number of ether oxygens (including phenoxy) is 2. The van der Waals surface area contributed by atoms with Crippen LogP contribution in [-0.2, 0) is 4.74 Å². The summed E-state index contributed by atoms with van der Waals surface area (Å²) in [6.45, 7) is 0.187. The Morgan fingerprint density at radius 3 is 2.67 bits per heavy atom. The number of rotatable bonds is 7. The summed E-state index contributed by atoms with van der Waals surface area (Å²) < 4.78 is 23.5. The van der Waals surface area contributed by atoms with Crippen LogP contribution in [0.25, 0.3) is 0 Å². The number of hydrogen-bond acceptors (Lipinski definition) is 5. The molecule has 5 nitrogen and oxygen atoms in total. The quantitative estimate of drug-likeness (QED) is 0.619. The zero-order valence-corrected chi connectivity index (χ0v) is 10.4. The van der Waals surface area contributed by atoms with Gasteiger partial charge in [-0.2, -0.15) is 0 Å². The number of benzene rings is 1. The number of likely N-dealkylation sites (N-methyl/N-ethyl adjacent to an activating group) is 1. The van der Waals surface area contributed by atoms with Crippen LogP contribution in [0.5, 0.6) is 5.75 Å². The van der Waals surface area contributed by atoms with Gasteiger partial charge in [0.25, 0.3) is 0 Å². The zero-order chi connectivity index (χ0) is 13.5. The van der Waals surface area contributed by atoms with Crippen molar-refractivity contribution < 1.29 is 24.1 Å². The van der Waals surface area contributed by atoms with Crippen molar-refractivity contribution in [2.75, 3.05) is 27.5 Å². The minimum atomic E-state index is -1.28. The van der Waals surface area contributed by atoms with Crippen LogP contribution < -0.4 is 10.1 Å². The summed E-state index contributed by atoms with van der Waals surface area (Å²) in [5.74, 6) is -0.334. The molecule has 2 atom stereocenters. The summed E-state index contributed by atoms with van der Waals surface area (Å²) in [5.41, 5.74) is 0.0301. The minimum Gasteiger partial charge on any atom is -0.467 e. The molecule has 0 aliphatic carbocycles. The SMILES string of the molecule is CNCC(O)C(O)c1ccc(OCOC)cc1F. The van der Waals surface area contributed by atoms with E-state index in [0.29, 0.717) is 5.75 Å². The number of aliphatic hydroxyl groups is 2. The van der Waals surface area contributed by atoms with E-state index in [1.165, 1.54) is 19.2 Å². The van der Waals surface area contributed by atoms with Gasteiger partial charge in [0.2, 0.25) is 0 Å². The predicted octanol–water partition coefficient (Wildman–Crippen LogP) is 0.422. The minimum absolute atomic E-state index is 0.0176. The summed E-state index contributed by atoms with van der Waals surface area (Å²) >= 11 is 0. The van der Waals surface area contributed by atoms with Crippen LogP contribution in [0.3, 0.4) is 0 Å². The summed E-state index contributed by atoms with van der Waals surface area (Å²) in [7, 11) is 3.09. The van der Waals surface area contributed by atoms with E-state index < -0.39 is 18.0 Å². The summed E-state index contributed by atoms with van der Waals surface area (Å²) in [4.78, 5) is 0. The molecule has 0 saturated carbocycles. The normalized spacial score (nSPS) is 14.3. The number of aliphatic hydroxyl groups excluding tert-OH is 2. The van der Waals surface area contributed by atoms with Gasteiger partial charge in [0, 0.05) is 25.3 Å². The van der Waals surface area contributed by atoms with Crippen LogP contribution in [0.2, 0.25) is 0 Å². The van der Waals surface area contributed by atoms with E-state index in [4.69, 9.17) is 9.47 Å². The standard InChI is InChI=1S/C12H18FNO4/c1-14-6-11(15)12(16)9-4-3-8(5-10(9)13)18-7-17-2/h3-5,11-12,14-16H,6-7H2,1-2H3. The van der Waals surface area contributed by atoms with Crippen LogP contribution in [0.1, 0.15) is 11.7 Å². The van der Waals surface area contributed by atoms with Gasteiger partial charge < -0.3 is 25.0 Å². The summed E-state index contributed by atoms with van der Waals surface area (Å²) in [6.07, 6.45) is -2.36. The first-order valence-electron chi connectivity index (χ1n) is 5.52. The van der Waals surface area contributed by atoms with Crippen molar-refractivity contribution in [3.8, 4) is 5.75 Å². The Kier molecular flexibility index (Phi) is 6.00. The fourth-order valence-electron chi connectivity index (χ4n) is 1.49. The molecule has 18 heavy (non-hydrogen) atoms. The largest absolute Gasteiger partial charge is 0.467 e. The molecule has 0 aliphatic rings. The monoisotopic (exact) mass is 259 g/mol. The summed E-state index contributed by atoms with van der Waals surface area (Å²) in [5, 5.41) is 22.1. The molecule has 102 valence electrons. The molecule has 3 N–H and O–H groups in total. The maximum atomic E-state index is 13.7. The lowest BCUT2D eigenvalue weighted by atomic mass is 10.0. The van der Waals surface area contributed by atoms with Crippen molar-refractivity contribution in [1.82, 2.24) is 5.32 Å². The third-order valence-corrected chi connectivity index (χ3v) is 2.41. The number of halogens is 1. The van der Waals surface area contributed by atoms with Gasteiger partial charge in [0.05, 0.1) is 6.10 Å². The van der Waals surface area contributed by atoms with Crippen molar-refractivity contribution >= 4 is 0 Å². The lowest BCUT2D eigenvalue weighted by molar-refractivity contribution is 0.0179. The fraction of sp³-hybridized carbons (Fsp3) is 0.500. The van der Waals surface area contributed by atoms with E-state index in [1.807, 2.05) is 0 Å². The molecule has 1 aromatic carbocycles. The molecule has 1 aromatic rings. The Bertz CT molecular complexity index is 375. The maximum absolute atomic E-state index is 13.7. The van der Waals surface area contributed by atoms with Crippen LogP contribution >= 0.6 is 0 Å². The van der Waals surface area contributed by atoms with Crippen LogP contribution in [0.15, 0.2) is 18.2 Å². The average molecular weight is 259 g/mol. The van der Waals surface area contributed by atoms with E-state index >= 15 is 0 Å². The van der Waals surface area contributed by atoms with Gasteiger partial charge in [-0.25, -0.2) is 4.39 Å². The molecular weight excluding hydrogens is 241 g/mol. The first-order chi connectivity index (χ1) is 8.60. The molecule has 1 rings (SSSR count). The second-order valence-corrected chi connectivity index (χ2v) is 3.80. The molecule has 0 fully saturated rings. The first-order valence-corrected chi connectivity index (χ1v) is 5.52. The van der Waals surface area contributed by atoms with E-state index in [2.05, 4.69) is 5.32 Å². The first kappa shape index (κ1) is 14.8. The summed E-state index contributed by atoms with van der Waals surface area (Å²) in [6, 6.07) is 4.03. The van der Waals surface area contributed by atoms with Crippen molar-refractivity contribution in [2.45, 2.75) is 12.2 Å². The molecule has 0 amide bonds. The molecule has 0 spiro atoms. The third-order valence-electron chi connectivity index (χ3n) is 2.41. The smallest absolute Gasteiger partial charge is 0.188 e. The highest BCUT2D eigenvalue weighted by Gasteiger charge is 2.21. The highest BCUT2D eigenvalue weighted by atomic mass is 19.1. The van der Waals surface area contributed by atoms with Crippen molar-refractivity contribution in [3.63, 3.8) is 0 Å². The van der Waals surface area contributed by atoms with Gasteiger partial charge in [0.1, 0.15) is 17.7 Å². The Labute approximate surface area is 105 Å². The molecule has 0 heterocycles. The van der Waals surface area contributed by atoms with Crippen LogP contribution in [-0.4, -0.2) is 43.8 Å². The Morgan fingerprint density at radius 1 is 1.39 bits per heavy atom. The van der Waals surface area contributed by atoms with Gasteiger partial charge >= 0.3 is 0 Å². The van der Waals surface area contributed by atoms with Gasteiger partial charge in [-0.1, -0.05) is 0 Å². The highest BCUT2D eigenvalue weighted by Crippen LogP contribution is 2.24. The fourth-order valence-corrected chi connectivity index (χ4v) is 1.49. The third kappa shape index (κ3) is 3.92. The number of hydrogen-bond donors (Lipinski definition) is 3. The molecule has 0 bridgehead atoms. The molecule has 0 aliphatic heterocycles. The van der Waals surface area contributed by atoms with E-state index in [9.17, 15) is 14.6 Å².